The predicted molar refractivity (Wildman–Crippen MR) is 15.8 cm³/mol. The minimum Gasteiger partial charge on any atom is -0.205 e. The van der Waals surface area contributed by atoms with Crippen molar-refractivity contribution in [2.45, 2.75) is 0 Å². The monoisotopic (exact) mass is 107 g/mol. The molecule has 7 heavy (non-hydrogen) atoms. The summed E-state index contributed by atoms with van der Waals surface area (Å²) in [6.07, 6.45) is 0. The quantitative estimate of drug-likeness (QED) is 0.477. The lowest BCUT2D eigenvalue weighted by Gasteiger charge is -1.83. The molecular formula is CBF2NO2. The van der Waals surface area contributed by atoms with Crippen molar-refractivity contribution in [1.82, 2.24) is 0 Å². The first-order chi connectivity index (χ1) is 3.35. The van der Waals surface area contributed by atoms with Gasteiger partial charge >= 0.3 is 7.12 Å². The van der Waals surface area contributed by atoms with Crippen molar-refractivity contribution in [3.05, 3.63) is 0 Å². The Morgan fingerprint density at radius 3 is 1.86 bits per heavy atom. The smallest absolute Gasteiger partial charge is 0.205 e. The molecule has 0 radical (unpaired) electrons. The summed E-state index contributed by atoms with van der Waals surface area (Å²) in [4.78, 5) is 5.18. The third-order valence-electron chi connectivity index (χ3n) is 0.267. The molecule has 0 atom stereocenters. The largest absolute Gasteiger partial charge is 0.644 e. The van der Waals surface area contributed by atoms with E-state index in [1.807, 2.05) is 0 Å². The van der Waals surface area contributed by atoms with Crippen molar-refractivity contribution < 1.29 is 18.8 Å². The molecule has 0 aliphatic carbocycles. The van der Waals surface area contributed by atoms with Crippen LogP contribution in [0.25, 0.3) is 0 Å². The van der Waals surface area contributed by atoms with E-state index in [4.69, 9.17) is 5.26 Å². The molecule has 0 aliphatic rings. The molecule has 0 bridgehead atoms. The van der Waals surface area contributed by atoms with Gasteiger partial charge in [-0.1, -0.05) is 9.05 Å². The molecule has 0 aromatic rings. The molecule has 0 aromatic carbocycles. The highest BCUT2D eigenvalue weighted by atomic mass is 19.3. The lowest BCUT2D eigenvalue weighted by molar-refractivity contribution is -0.0999. The molecule has 3 nitrogen and oxygen atoms in total. The van der Waals surface area contributed by atoms with Crippen LogP contribution < -0.4 is 0 Å². The van der Waals surface area contributed by atoms with Gasteiger partial charge in [0.2, 0.25) is 0 Å². The van der Waals surface area contributed by atoms with E-state index in [0.29, 0.717) is 0 Å². The van der Waals surface area contributed by atoms with Gasteiger partial charge in [-0.3, -0.25) is 0 Å². The minimum atomic E-state index is -2.04. The van der Waals surface area contributed by atoms with E-state index in [1.165, 1.54) is 0 Å². The SMILES string of the molecule is N#CB(OF)OF. The summed E-state index contributed by atoms with van der Waals surface area (Å²) in [5.41, 5.74) is 0. The normalized spacial score (nSPS) is 7.57. The molecule has 38 valence electrons. The lowest BCUT2D eigenvalue weighted by Crippen LogP contribution is -2.11. The first kappa shape index (κ1) is 6.33. The van der Waals surface area contributed by atoms with E-state index < -0.39 is 7.12 Å². The first-order valence-electron chi connectivity index (χ1n) is 1.29. The van der Waals surface area contributed by atoms with Gasteiger partial charge in [-0.15, -0.1) is 0 Å². The average molecular weight is 107 g/mol. The van der Waals surface area contributed by atoms with E-state index in [1.54, 1.807) is 0 Å². The maximum absolute atomic E-state index is 10.6. The molecular weight excluding hydrogens is 107 g/mol. The van der Waals surface area contributed by atoms with Gasteiger partial charge in [-0.05, 0) is 0 Å². The Morgan fingerprint density at radius 2 is 1.86 bits per heavy atom. The van der Waals surface area contributed by atoms with Gasteiger partial charge < -0.3 is 0 Å². The number of rotatable bonds is 2. The van der Waals surface area contributed by atoms with Crippen molar-refractivity contribution in [3.63, 3.8) is 0 Å². The van der Waals surface area contributed by atoms with Crippen LogP contribution >= 0.6 is 0 Å². The Hall–Kier alpha value is -0.665. The summed E-state index contributed by atoms with van der Waals surface area (Å²) >= 11 is 0. The van der Waals surface area contributed by atoms with Gasteiger partial charge in [-0.25, -0.2) is 15.0 Å². The molecule has 0 fully saturated rings. The molecule has 0 rings (SSSR count). The molecule has 0 saturated heterocycles. The van der Waals surface area contributed by atoms with E-state index in [-0.39, 0.29) is 0 Å². The summed E-state index contributed by atoms with van der Waals surface area (Å²) in [5, 5.41) is 7.55. The molecule has 0 unspecified atom stereocenters. The molecule has 0 amide bonds. The number of nitrogens with zero attached hydrogens (tertiary/aromatic N) is 1. The Kier molecular flexibility index (Phi) is 3.19. The van der Waals surface area contributed by atoms with Crippen molar-refractivity contribution in [2.24, 2.45) is 0 Å². The maximum Gasteiger partial charge on any atom is 0.644 e. The molecule has 0 N–H and O–H groups in total. The number of hydrogen-bond acceptors (Lipinski definition) is 3. The summed E-state index contributed by atoms with van der Waals surface area (Å²) in [6, 6.07) is 0. The molecule has 0 saturated carbocycles. The minimum absolute atomic E-state index is 1.01. The molecule has 0 heterocycles. The number of hydrogen-bond donors (Lipinski definition) is 0. The summed E-state index contributed by atoms with van der Waals surface area (Å²) in [5.74, 6) is 1.01. The van der Waals surface area contributed by atoms with Crippen LogP contribution in [0.1, 0.15) is 0 Å². The van der Waals surface area contributed by atoms with Crippen LogP contribution in [-0.4, -0.2) is 7.12 Å². The zero-order valence-electron chi connectivity index (χ0n) is 3.10. The van der Waals surface area contributed by atoms with Gasteiger partial charge in [0.1, 0.15) is 0 Å². The Morgan fingerprint density at radius 1 is 1.43 bits per heavy atom. The fourth-order valence-electron chi connectivity index (χ4n) is 0.0536. The standard InChI is InChI=1S/CBF2NO2/c3-6-2(1-5)7-4. The van der Waals surface area contributed by atoms with Crippen LogP contribution in [0.5, 0.6) is 0 Å². The third-order valence-corrected chi connectivity index (χ3v) is 0.267. The topological polar surface area (TPSA) is 42.2 Å². The summed E-state index contributed by atoms with van der Waals surface area (Å²) in [6.45, 7) is 0. The van der Waals surface area contributed by atoms with E-state index in [9.17, 15) is 9.05 Å². The fourth-order valence-corrected chi connectivity index (χ4v) is 0.0536. The highest BCUT2D eigenvalue weighted by Gasteiger charge is 2.19. The zero-order chi connectivity index (χ0) is 5.70. The highest BCUT2D eigenvalue weighted by molar-refractivity contribution is 6.52. The zero-order valence-corrected chi connectivity index (χ0v) is 3.10. The van der Waals surface area contributed by atoms with Crippen LogP contribution in [0.15, 0.2) is 0 Å². The van der Waals surface area contributed by atoms with Crippen LogP contribution in [0.3, 0.4) is 0 Å². The second-order valence-corrected chi connectivity index (χ2v) is 0.639. The van der Waals surface area contributed by atoms with Gasteiger partial charge in [-0.2, -0.15) is 0 Å². The van der Waals surface area contributed by atoms with Gasteiger partial charge in [0.15, 0.2) is 0 Å². The van der Waals surface area contributed by atoms with Crippen molar-refractivity contribution in [2.75, 3.05) is 0 Å². The van der Waals surface area contributed by atoms with Crippen LogP contribution in [0.2, 0.25) is 0 Å². The van der Waals surface area contributed by atoms with Gasteiger partial charge in [0.05, 0.1) is 5.97 Å². The lowest BCUT2D eigenvalue weighted by atomic mass is 9.97. The average Bonchev–Trinajstić information content (AvgIpc) is 1.72. The van der Waals surface area contributed by atoms with Gasteiger partial charge in [0, 0.05) is 0 Å². The predicted octanol–water partition coefficient (Wildman–Crippen LogP) is 0.340. The molecule has 0 spiro atoms. The number of nitriles is 1. The van der Waals surface area contributed by atoms with Crippen LogP contribution in [0.4, 0.5) is 9.05 Å². The van der Waals surface area contributed by atoms with E-state index in [2.05, 4.69) is 9.72 Å². The van der Waals surface area contributed by atoms with Gasteiger partial charge in [0.25, 0.3) is 0 Å². The van der Waals surface area contributed by atoms with E-state index in [0.717, 1.165) is 5.97 Å². The Balaban J connectivity index is 3.23. The maximum atomic E-state index is 10.6. The highest BCUT2D eigenvalue weighted by Crippen LogP contribution is 1.86. The third kappa shape index (κ3) is 2.08. The second-order valence-electron chi connectivity index (χ2n) is 0.639. The second kappa shape index (κ2) is 3.52. The summed E-state index contributed by atoms with van der Waals surface area (Å²) in [7, 11) is -2.04. The molecule has 0 aromatic heterocycles. The molecule has 0 aliphatic heterocycles. The first-order valence-corrected chi connectivity index (χ1v) is 1.29. The van der Waals surface area contributed by atoms with Crippen LogP contribution in [-0.2, 0) is 9.72 Å². The van der Waals surface area contributed by atoms with Crippen LogP contribution in [0, 0.1) is 11.2 Å². The van der Waals surface area contributed by atoms with E-state index >= 15 is 0 Å². The Bertz CT molecular complexity index is 78.2. The number of halogens is 2. The van der Waals surface area contributed by atoms with Crippen molar-refractivity contribution in [3.8, 4) is 5.97 Å². The molecule has 6 heteroatoms. The fraction of sp³-hybridized carbons (Fsp3) is 0. The summed E-state index contributed by atoms with van der Waals surface area (Å²) < 4.78 is 21.1. The Labute approximate surface area is 38.4 Å². The van der Waals surface area contributed by atoms with Crippen molar-refractivity contribution in [1.29, 1.82) is 5.26 Å². The van der Waals surface area contributed by atoms with Crippen molar-refractivity contribution >= 4 is 7.12 Å².